The summed E-state index contributed by atoms with van der Waals surface area (Å²) >= 11 is 3.43. The third kappa shape index (κ3) is 4.52. The summed E-state index contributed by atoms with van der Waals surface area (Å²) in [6, 6.07) is 5.92. The zero-order valence-electron chi connectivity index (χ0n) is 12.4. The summed E-state index contributed by atoms with van der Waals surface area (Å²) in [6.07, 6.45) is 0.665. The minimum Gasteiger partial charge on any atom is -0.449 e. The van der Waals surface area contributed by atoms with Crippen molar-refractivity contribution in [2.75, 3.05) is 30.7 Å². The van der Waals surface area contributed by atoms with Gasteiger partial charge in [0.15, 0.2) is 0 Å². The second-order valence-corrected chi connectivity index (χ2v) is 6.69. The number of nitrogens with one attached hydrogen (secondary N) is 1. The molecule has 1 aliphatic heterocycles. The fourth-order valence-electron chi connectivity index (χ4n) is 2.25. The van der Waals surface area contributed by atoms with Gasteiger partial charge in [0.05, 0.1) is 18.0 Å². The molecule has 0 aromatic heterocycles. The van der Waals surface area contributed by atoms with Crippen LogP contribution in [-0.2, 0) is 4.74 Å². The van der Waals surface area contributed by atoms with E-state index in [1.54, 1.807) is 4.90 Å². The van der Waals surface area contributed by atoms with Crippen molar-refractivity contribution in [2.45, 2.75) is 26.3 Å². The van der Waals surface area contributed by atoms with Gasteiger partial charge in [0.1, 0.15) is 0 Å². The van der Waals surface area contributed by atoms with Crippen molar-refractivity contribution >= 4 is 33.4 Å². The number of carbonyl (C=O) groups excluding carboxylic acids is 1. The number of hydrogen-bond acceptors (Lipinski definition) is 4. The number of ether oxygens (including phenoxy) is 1. The molecule has 2 rings (SSSR count). The molecule has 1 fully saturated rings. The summed E-state index contributed by atoms with van der Waals surface area (Å²) in [5.74, 6) is 0.354. The molecule has 1 aromatic rings. The SMILES string of the molecule is CC(C)COC(=O)N1CCC(Nc2cc(Br)ccc2N)C1. The second-order valence-electron chi connectivity index (χ2n) is 5.78. The van der Waals surface area contributed by atoms with Crippen LogP contribution in [0.15, 0.2) is 22.7 Å². The number of amides is 1. The topological polar surface area (TPSA) is 67.6 Å². The summed E-state index contributed by atoms with van der Waals surface area (Å²) in [5.41, 5.74) is 7.56. The molecule has 6 heteroatoms. The number of nitrogen functional groups attached to an aromatic ring is 1. The predicted molar refractivity (Wildman–Crippen MR) is 88.3 cm³/mol. The highest BCUT2D eigenvalue weighted by Crippen LogP contribution is 2.25. The third-order valence-electron chi connectivity index (χ3n) is 3.36. The molecule has 1 heterocycles. The molecule has 0 spiro atoms. The Balaban J connectivity index is 1.87. The van der Waals surface area contributed by atoms with Gasteiger partial charge >= 0.3 is 6.09 Å². The van der Waals surface area contributed by atoms with E-state index in [1.807, 2.05) is 32.0 Å². The molecule has 1 aliphatic rings. The average molecular weight is 356 g/mol. The van der Waals surface area contributed by atoms with Crippen molar-refractivity contribution in [1.82, 2.24) is 4.90 Å². The standard InChI is InChI=1S/C15H22BrN3O2/c1-10(2)9-21-15(20)19-6-5-12(8-19)18-14-7-11(16)3-4-13(14)17/h3-4,7,10,12,18H,5-6,8-9,17H2,1-2H3. The van der Waals surface area contributed by atoms with Crippen LogP contribution in [0, 0.1) is 5.92 Å². The highest BCUT2D eigenvalue weighted by atomic mass is 79.9. The third-order valence-corrected chi connectivity index (χ3v) is 3.85. The molecular formula is C15H22BrN3O2. The maximum atomic E-state index is 11.9. The number of halogens is 1. The molecular weight excluding hydrogens is 334 g/mol. The van der Waals surface area contributed by atoms with E-state index in [1.165, 1.54) is 0 Å². The van der Waals surface area contributed by atoms with Gasteiger partial charge in [-0.15, -0.1) is 0 Å². The lowest BCUT2D eigenvalue weighted by molar-refractivity contribution is 0.0993. The molecule has 116 valence electrons. The van der Waals surface area contributed by atoms with Crippen molar-refractivity contribution in [1.29, 1.82) is 0 Å². The number of anilines is 2. The first-order valence-corrected chi connectivity index (χ1v) is 7.98. The van der Waals surface area contributed by atoms with E-state index in [0.717, 1.165) is 16.6 Å². The van der Waals surface area contributed by atoms with Gasteiger partial charge in [-0.1, -0.05) is 29.8 Å². The number of likely N-dealkylation sites (tertiary alicyclic amines) is 1. The fourth-order valence-corrected chi connectivity index (χ4v) is 2.61. The summed E-state index contributed by atoms with van der Waals surface area (Å²) in [6.45, 7) is 5.87. The Kier molecular flexibility index (Phi) is 5.33. The first kappa shape index (κ1) is 15.9. The Morgan fingerprint density at radius 1 is 1.57 bits per heavy atom. The van der Waals surface area contributed by atoms with Gasteiger partial charge in [-0.2, -0.15) is 0 Å². The molecule has 1 aromatic carbocycles. The zero-order chi connectivity index (χ0) is 15.4. The summed E-state index contributed by atoms with van der Waals surface area (Å²) < 4.78 is 6.23. The largest absolute Gasteiger partial charge is 0.449 e. The molecule has 0 aliphatic carbocycles. The van der Waals surface area contributed by atoms with E-state index in [4.69, 9.17) is 10.5 Å². The number of hydrogen-bond donors (Lipinski definition) is 2. The number of nitrogens with zero attached hydrogens (tertiary/aromatic N) is 1. The highest BCUT2D eigenvalue weighted by Gasteiger charge is 2.27. The monoisotopic (exact) mass is 355 g/mol. The minimum absolute atomic E-state index is 0.202. The van der Waals surface area contributed by atoms with Gasteiger partial charge in [-0.05, 0) is 30.5 Å². The fraction of sp³-hybridized carbons (Fsp3) is 0.533. The molecule has 0 radical (unpaired) electrons. The Hall–Kier alpha value is -1.43. The van der Waals surface area contributed by atoms with Gasteiger partial charge in [-0.3, -0.25) is 0 Å². The molecule has 21 heavy (non-hydrogen) atoms. The van der Waals surface area contributed by atoms with Crippen molar-refractivity contribution in [3.63, 3.8) is 0 Å². The highest BCUT2D eigenvalue weighted by molar-refractivity contribution is 9.10. The number of rotatable bonds is 4. The molecule has 1 saturated heterocycles. The molecule has 5 nitrogen and oxygen atoms in total. The van der Waals surface area contributed by atoms with Crippen LogP contribution in [0.1, 0.15) is 20.3 Å². The Morgan fingerprint density at radius 3 is 3.05 bits per heavy atom. The predicted octanol–water partition coefficient (Wildman–Crippen LogP) is 3.31. The lowest BCUT2D eigenvalue weighted by Crippen LogP contribution is -2.32. The van der Waals surface area contributed by atoms with E-state index in [0.29, 0.717) is 31.3 Å². The van der Waals surface area contributed by atoms with Gasteiger partial charge in [0, 0.05) is 23.6 Å². The van der Waals surface area contributed by atoms with Crippen molar-refractivity contribution < 1.29 is 9.53 Å². The summed E-state index contributed by atoms with van der Waals surface area (Å²) in [7, 11) is 0. The quantitative estimate of drug-likeness (QED) is 0.813. The van der Waals surface area contributed by atoms with E-state index in [-0.39, 0.29) is 12.1 Å². The van der Waals surface area contributed by atoms with E-state index >= 15 is 0 Å². The Morgan fingerprint density at radius 2 is 2.33 bits per heavy atom. The lowest BCUT2D eigenvalue weighted by Gasteiger charge is -2.19. The Bertz CT molecular complexity index is 508. The van der Waals surface area contributed by atoms with Gasteiger partial charge in [-0.25, -0.2) is 4.79 Å². The number of nitrogens with two attached hydrogens (primary N) is 1. The molecule has 0 saturated carbocycles. The first-order chi connectivity index (χ1) is 9.95. The molecule has 3 N–H and O–H groups in total. The lowest BCUT2D eigenvalue weighted by atomic mass is 10.2. The van der Waals surface area contributed by atoms with E-state index < -0.39 is 0 Å². The summed E-state index contributed by atoms with van der Waals surface area (Å²) in [4.78, 5) is 13.7. The van der Waals surface area contributed by atoms with Crippen LogP contribution in [0.4, 0.5) is 16.2 Å². The average Bonchev–Trinajstić information content (AvgIpc) is 2.89. The molecule has 1 unspecified atom stereocenters. The number of carbonyl (C=O) groups is 1. The van der Waals surface area contributed by atoms with Gasteiger partial charge in [0.25, 0.3) is 0 Å². The van der Waals surface area contributed by atoms with Crippen LogP contribution < -0.4 is 11.1 Å². The van der Waals surface area contributed by atoms with Gasteiger partial charge in [0.2, 0.25) is 0 Å². The minimum atomic E-state index is -0.227. The van der Waals surface area contributed by atoms with Crippen LogP contribution in [-0.4, -0.2) is 36.7 Å². The maximum Gasteiger partial charge on any atom is 0.409 e. The second kappa shape index (κ2) is 7.02. The number of benzene rings is 1. The smallest absolute Gasteiger partial charge is 0.409 e. The normalized spacial score (nSPS) is 18.1. The first-order valence-electron chi connectivity index (χ1n) is 7.19. The van der Waals surface area contributed by atoms with Crippen molar-refractivity contribution in [3.05, 3.63) is 22.7 Å². The molecule has 1 atom stereocenters. The molecule has 1 amide bonds. The zero-order valence-corrected chi connectivity index (χ0v) is 14.0. The van der Waals surface area contributed by atoms with Crippen LogP contribution in [0.5, 0.6) is 0 Å². The van der Waals surface area contributed by atoms with Crippen LogP contribution in [0.25, 0.3) is 0 Å². The maximum absolute atomic E-state index is 11.9. The Labute approximate surface area is 134 Å². The molecule has 0 bridgehead atoms. The van der Waals surface area contributed by atoms with E-state index in [9.17, 15) is 4.79 Å². The summed E-state index contributed by atoms with van der Waals surface area (Å²) in [5, 5.41) is 3.40. The van der Waals surface area contributed by atoms with Gasteiger partial charge < -0.3 is 20.7 Å². The van der Waals surface area contributed by atoms with Crippen molar-refractivity contribution in [3.8, 4) is 0 Å². The van der Waals surface area contributed by atoms with Crippen LogP contribution in [0.3, 0.4) is 0 Å². The van der Waals surface area contributed by atoms with Crippen molar-refractivity contribution in [2.24, 2.45) is 5.92 Å². The van der Waals surface area contributed by atoms with Crippen LogP contribution >= 0.6 is 15.9 Å². The van der Waals surface area contributed by atoms with E-state index in [2.05, 4.69) is 21.2 Å². The van der Waals surface area contributed by atoms with Crippen LogP contribution in [0.2, 0.25) is 0 Å².